The molecule has 1 amide bonds. The van der Waals surface area contributed by atoms with E-state index in [-0.39, 0.29) is 11.6 Å². The van der Waals surface area contributed by atoms with Gasteiger partial charge in [-0.2, -0.15) is 0 Å². The molecule has 1 rings (SSSR count). The summed E-state index contributed by atoms with van der Waals surface area (Å²) in [5, 5.41) is 2.73. The molecule has 1 unspecified atom stereocenters. The van der Waals surface area contributed by atoms with E-state index in [4.69, 9.17) is 5.73 Å². The minimum Gasteiger partial charge on any atom is -0.396 e. The van der Waals surface area contributed by atoms with Crippen LogP contribution < -0.4 is 11.1 Å². The Bertz CT molecular complexity index is 465. The minimum atomic E-state index is -0.473. The van der Waals surface area contributed by atoms with E-state index >= 15 is 0 Å². The summed E-state index contributed by atoms with van der Waals surface area (Å²) in [4.78, 5) is 14.1. The zero-order valence-electron chi connectivity index (χ0n) is 13.2. The normalized spacial score (nSPS) is 12.4. The number of benzene rings is 1. The monoisotopic (exact) mass is 295 g/mol. The van der Waals surface area contributed by atoms with Crippen molar-refractivity contribution in [1.29, 1.82) is 0 Å². The van der Waals surface area contributed by atoms with Crippen molar-refractivity contribution in [2.45, 2.75) is 33.1 Å². The molecule has 0 saturated heterocycles. The number of hydrogen-bond donors (Lipinski definition) is 2. The van der Waals surface area contributed by atoms with E-state index in [1.54, 1.807) is 0 Å². The quantitative estimate of drug-likeness (QED) is 0.725. The van der Waals surface area contributed by atoms with Crippen molar-refractivity contribution in [3.63, 3.8) is 0 Å². The number of halogens is 1. The van der Waals surface area contributed by atoms with Crippen LogP contribution in [0.5, 0.6) is 0 Å². The van der Waals surface area contributed by atoms with Crippen LogP contribution in [0.15, 0.2) is 18.2 Å². The standard InChI is InChI=1S/C16H26FN3O/c1-4-12(2)11-20(3)9-5-6-16(21)19-13-7-8-14(17)15(18)10-13/h7-8,10,12H,4-6,9,11,18H2,1-3H3,(H,19,21). The molecule has 5 heteroatoms. The molecule has 0 saturated carbocycles. The average molecular weight is 295 g/mol. The Kier molecular flexibility index (Phi) is 7.15. The Morgan fingerprint density at radius 2 is 2.19 bits per heavy atom. The lowest BCUT2D eigenvalue weighted by molar-refractivity contribution is -0.116. The molecular weight excluding hydrogens is 269 g/mol. The van der Waals surface area contributed by atoms with Gasteiger partial charge in [0.2, 0.25) is 5.91 Å². The first-order valence-electron chi connectivity index (χ1n) is 7.45. The molecule has 1 aromatic rings. The number of rotatable bonds is 8. The van der Waals surface area contributed by atoms with Gasteiger partial charge >= 0.3 is 0 Å². The van der Waals surface area contributed by atoms with Gasteiger partial charge in [0, 0.05) is 18.7 Å². The maximum Gasteiger partial charge on any atom is 0.224 e. The lowest BCUT2D eigenvalue weighted by atomic mass is 10.1. The van der Waals surface area contributed by atoms with Gasteiger partial charge in [0.25, 0.3) is 0 Å². The van der Waals surface area contributed by atoms with Crippen molar-refractivity contribution >= 4 is 17.3 Å². The van der Waals surface area contributed by atoms with E-state index in [0.717, 1.165) is 25.9 Å². The van der Waals surface area contributed by atoms with Crippen molar-refractivity contribution < 1.29 is 9.18 Å². The summed E-state index contributed by atoms with van der Waals surface area (Å²) in [6, 6.07) is 4.20. The molecule has 0 heterocycles. The van der Waals surface area contributed by atoms with Crippen molar-refractivity contribution in [2.75, 3.05) is 31.2 Å². The van der Waals surface area contributed by atoms with Gasteiger partial charge in [0.15, 0.2) is 0 Å². The Morgan fingerprint density at radius 3 is 2.81 bits per heavy atom. The molecule has 0 spiro atoms. The smallest absolute Gasteiger partial charge is 0.224 e. The molecule has 0 aliphatic rings. The number of carbonyl (C=O) groups excluding carboxylic acids is 1. The van der Waals surface area contributed by atoms with Crippen LogP contribution in [-0.4, -0.2) is 30.9 Å². The highest BCUT2D eigenvalue weighted by molar-refractivity contribution is 5.91. The fourth-order valence-electron chi connectivity index (χ4n) is 2.11. The molecule has 0 aliphatic carbocycles. The summed E-state index contributed by atoms with van der Waals surface area (Å²) in [5.41, 5.74) is 6.04. The highest BCUT2D eigenvalue weighted by Gasteiger charge is 2.07. The fraction of sp³-hybridized carbons (Fsp3) is 0.562. The predicted molar refractivity (Wildman–Crippen MR) is 85.6 cm³/mol. The van der Waals surface area contributed by atoms with E-state index in [1.807, 2.05) is 0 Å². The molecule has 0 bridgehead atoms. The number of hydrogen-bond acceptors (Lipinski definition) is 3. The maximum absolute atomic E-state index is 13.0. The molecule has 4 nitrogen and oxygen atoms in total. The number of nitrogens with zero attached hydrogens (tertiary/aromatic N) is 1. The number of nitrogens with two attached hydrogens (primary N) is 1. The van der Waals surface area contributed by atoms with Crippen LogP contribution in [-0.2, 0) is 4.79 Å². The minimum absolute atomic E-state index is 0.0427. The molecule has 0 fully saturated rings. The van der Waals surface area contributed by atoms with Gasteiger partial charge in [-0.3, -0.25) is 4.79 Å². The maximum atomic E-state index is 13.0. The Labute approximate surface area is 126 Å². The van der Waals surface area contributed by atoms with E-state index in [0.29, 0.717) is 18.0 Å². The number of amides is 1. The number of carbonyl (C=O) groups is 1. The van der Waals surface area contributed by atoms with Gasteiger partial charge in [0.05, 0.1) is 5.69 Å². The summed E-state index contributed by atoms with van der Waals surface area (Å²) in [5.74, 6) is 0.128. The van der Waals surface area contributed by atoms with E-state index in [1.165, 1.54) is 18.2 Å². The summed E-state index contributed by atoms with van der Waals surface area (Å²) < 4.78 is 13.0. The second kappa shape index (κ2) is 8.62. The van der Waals surface area contributed by atoms with Crippen LogP contribution in [0.1, 0.15) is 33.1 Å². The second-order valence-corrected chi connectivity index (χ2v) is 5.66. The predicted octanol–water partition coefficient (Wildman–Crippen LogP) is 3.10. The van der Waals surface area contributed by atoms with Crippen molar-refractivity contribution in [3.05, 3.63) is 24.0 Å². The Hall–Kier alpha value is -1.62. The van der Waals surface area contributed by atoms with Crippen molar-refractivity contribution in [1.82, 2.24) is 4.90 Å². The third kappa shape index (κ3) is 6.58. The molecule has 3 N–H and O–H groups in total. The molecule has 118 valence electrons. The van der Waals surface area contributed by atoms with Gasteiger partial charge in [-0.25, -0.2) is 4.39 Å². The third-order valence-electron chi connectivity index (χ3n) is 3.54. The average Bonchev–Trinajstić information content (AvgIpc) is 2.42. The van der Waals surface area contributed by atoms with Gasteiger partial charge in [-0.15, -0.1) is 0 Å². The molecule has 0 aromatic heterocycles. The molecule has 1 atom stereocenters. The van der Waals surface area contributed by atoms with Gasteiger partial charge in [-0.1, -0.05) is 20.3 Å². The molecule has 21 heavy (non-hydrogen) atoms. The Morgan fingerprint density at radius 1 is 1.48 bits per heavy atom. The van der Waals surface area contributed by atoms with Gasteiger partial charge in [-0.05, 0) is 44.1 Å². The summed E-state index contributed by atoms with van der Waals surface area (Å²) in [7, 11) is 2.07. The molecule has 1 aromatic carbocycles. The first kappa shape index (κ1) is 17.4. The summed E-state index contributed by atoms with van der Waals surface area (Å²) in [6.07, 6.45) is 2.41. The fourth-order valence-corrected chi connectivity index (χ4v) is 2.11. The first-order valence-corrected chi connectivity index (χ1v) is 7.45. The lowest BCUT2D eigenvalue weighted by Crippen LogP contribution is -2.26. The Balaban J connectivity index is 2.29. The van der Waals surface area contributed by atoms with Crippen molar-refractivity contribution in [3.8, 4) is 0 Å². The highest BCUT2D eigenvalue weighted by atomic mass is 19.1. The zero-order valence-corrected chi connectivity index (χ0v) is 13.2. The number of nitrogens with one attached hydrogen (secondary N) is 1. The van der Waals surface area contributed by atoms with Crippen LogP contribution in [0, 0.1) is 11.7 Å². The van der Waals surface area contributed by atoms with Crippen molar-refractivity contribution in [2.24, 2.45) is 5.92 Å². The molecule has 0 radical (unpaired) electrons. The van der Waals surface area contributed by atoms with E-state index in [9.17, 15) is 9.18 Å². The molecular formula is C16H26FN3O. The van der Waals surface area contributed by atoms with Crippen LogP contribution in [0.3, 0.4) is 0 Å². The zero-order chi connectivity index (χ0) is 15.8. The topological polar surface area (TPSA) is 58.4 Å². The van der Waals surface area contributed by atoms with Crippen LogP contribution in [0.25, 0.3) is 0 Å². The number of nitrogen functional groups attached to an aromatic ring is 1. The second-order valence-electron chi connectivity index (χ2n) is 5.66. The largest absolute Gasteiger partial charge is 0.396 e. The summed E-state index contributed by atoms with van der Waals surface area (Å²) in [6.45, 7) is 6.35. The first-order chi connectivity index (χ1) is 9.92. The van der Waals surface area contributed by atoms with E-state index in [2.05, 4.69) is 31.1 Å². The lowest BCUT2D eigenvalue weighted by Gasteiger charge is -2.20. The van der Waals surface area contributed by atoms with Crippen LogP contribution in [0.2, 0.25) is 0 Å². The van der Waals surface area contributed by atoms with Crippen LogP contribution >= 0.6 is 0 Å². The summed E-state index contributed by atoms with van der Waals surface area (Å²) >= 11 is 0. The van der Waals surface area contributed by atoms with Gasteiger partial charge in [0.1, 0.15) is 5.82 Å². The molecule has 0 aliphatic heterocycles. The van der Waals surface area contributed by atoms with Crippen LogP contribution in [0.4, 0.5) is 15.8 Å². The van der Waals surface area contributed by atoms with E-state index < -0.39 is 5.82 Å². The van der Waals surface area contributed by atoms with Gasteiger partial charge < -0.3 is 16.0 Å². The number of anilines is 2. The highest BCUT2D eigenvalue weighted by Crippen LogP contribution is 2.16. The third-order valence-corrected chi connectivity index (χ3v) is 3.54. The SMILES string of the molecule is CCC(C)CN(C)CCCC(=O)Nc1ccc(F)c(N)c1.